The number of aliphatic hydroxyl groups excluding tert-OH is 1. The first-order valence-corrected chi connectivity index (χ1v) is 15.7. The summed E-state index contributed by atoms with van der Waals surface area (Å²) < 4.78 is 12.0. The predicted molar refractivity (Wildman–Crippen MR) is 154 cm³/mol. The molecule has 7 rings (SSSR count). The van der Waals surface area contributed by atoms with Gasteiger partial charge in [0, 0.05) is 23.8 Å². The molecule has 0 amide bonds. The first kappa shape index (κ1) is 27.5. The number of hydrogen-bond acceptors (Lipinski definition) is 7. The van der Waals surface area contributed by atoms with Crippen LogP contribution in [0.15, 0.2) is 26.8 Å². The molecule has 8 atom stereocenters. The number of carbonyl (C=O) groups is 1. The van der Waals surface area contributed by atoms with Gasteiger partial charge in [-0.15, -0.1) is 10.2 Å². The van der Waals surface area contributed by atoms with E-state index in [0.717, 1.165) is 68.6 Å². The number of hydrogen-bond donors (Lipinski definition) is 1. The van der Waals surface area contributed by atoms with Crippen LogP contribution in [0.2, 0.25) is 0 Å². The van der Waals surface area contributed by atoms with Crippen molar-refractivity contribution in [1.82, 2.24) is 15.4 Å². The van der Waals surface area contributed by atoms with Gasteiger partial charge < -0.3 is 14.0 Å². The van der Waals surface area contributed by atoms with Gasteiger partial charge in [0.25, 0.3) is 0 Å². The third-order valence-electron chi connectivity index (χ3n) is 14.5. The Balaban J connectivity index is 1.41. The Hall–Kier alpha value is -2.28. The number of ketones is 1. The minimum atomic E-state index is -0.584. The highest BCUT2D eigenvalue weighted by Crippen LogP contribution is 2.77. The number of aryl methyl sites for hydroxylation is 1. The van der Waals surface area contributed by atoms with Crippen molar-refractivity contribution in [3.05, 3.63) is 41.0 Å². The lowest BCUT2D eigenvalue weighted by molar-refractivity contribution is -0.172. The fourth-order valence-electron chi connectivity index (χ4n) is 11.3. The molecule has 5 aliphatic rings. The molecule has 0 unspecified atom stereocenters. The molecule has 41 heavy (non-hydrogen) atoms. The summed E-state index contributed by atoms with van der Waals surface area (Å²) in [7, 11) is 0. The second-order valence-electron chi connectivity index (χ2n) is 16.5. The highest BCUT2D eigenvalue weighted by Gasteiger charge is 2.73. The van der Waals surface area contributed by atoms with E-state index in [-0.39, 0.29) is 56.7 Å². The number of carbonyl (C=O) groups excluding carboxylic acids is 1. The largest absolute Gasteiger partial charge is 0.425 e. The van der Waals surface area contributed by atoms with E-state index < -0.39 is 5.41 Å². The number of aromatic nitrogens is 3. The molecular formula is C34H47N3O4. The van der Waals surface area contributed by atoms with Gasteiger partial charge in [-0.3, -0.25) is 4.79 Å². The normalized spacial score (nSPS) is 46.5. The summed E-state index contributed by atoms with van der Waals surface area (Å²) in [5.74, 6) is 2.51. The van der Waals surface area contributed by atoms with Crippen LogP contribution in [0.1, 0.15) is 117 Å². The summed E-state index contributed by atoms with van der Waals surface area (Å²) in [4.78, 5) is 14.8. The van der Waals surface area contributed by atoms with Crippen LogP contribution < -0.4 is 0 Å². The van der Waals surface area contributed by atoms with Crippen molar-refractivity contribution in [3.8, 4) is 0 Å². The Morgan fingerprint density at radius 1 is 0.951 bits per heavy atom. The molecule has 0 radical (unpaired) electrons. The van der Waals surface area contributed by atoms with Crippen LogP contribution in [0.5, 0.6) is 0 Å². The number of allylic oxidation sites excluding steroid dienone is 2. The minimum Gasteiger partial charge on any atom is -0.425 e. The maximum Gasteiger partial charge on any atom is 0.222 e. The fraction of sp³-hybridized carbons (Fsp3) is 0.765. The molecule has 2 aromatic heterocycles. The van der Waals surface area contributed by atoms with E-state index >= 15 is 0 Å². The zero-order valence-corrected chi connectivity index (χ0v) is 26.2. The predicted octanol–water partition coefficient (Wildman–Crippen LogP) is 6.67. The first-order chi connectivity index (χ1) is 19.1. The molecule has 0 bridgehead atoms. The van der Waals surface area contributed by atoms with Crippen molar-refractivity contribution in [2.75, 3.05) is 6.61 Å². The lowest BCUT2D eigenvalue weighted by Gasteiger charge is -2.72. The van der Waals surface area contributed by atoms with Crippen LogP contribution in [-0.4, -0.2) is 32.9 Å². The van der Waals surface area contributed by atoms with E-state index in [2.05, 4.69) is 69.9 Å². The molecule has 0 spiro atoms. The van der Waals surface area contributed by atoms with E-state index in [1.165, 1.54) is 5.57 Å². The van der Waals surface area contributed by atoms with Gasteiger partial charge in [0.1, 0.15) is 5.76 Å². The van der Waals surface area contributed by atoms with Gasteiger partial charge in [0.15, 0.2) is 5.78 Å². The molecule has 0 aliphatic heterocycles. The minimum absolute atomic E-state index is 0.0115. The molecular weight excluding hydrogens is 514 g/mol. The highest BCUT2D eigenvalue weighted by atomic mass is 16.5. The second kappa shape index (κ2) is 8.00. The number of aliphatic hydroxyl groups is 1. The molecule has 2 aromatic rings. The average molecular weight is 562 g/mol. The summed E-state index contributed by atoms with van der Waals surface area (Å²) in [6.45, 7) is 18.3. The topological polar surface area (TPSA) is 102 Å². The van der Waals surface area contributed by atoms with Crippen molar-refractivity contribution in [1.29, 1.82) is 0 Å². The Labute approximate surface area is 243 Å². The van der Waals surface area contributed by atoms with E-state index in [0.29, 0.717) is 5.89 Å². The van der Waals surface area contributed by atoms with Crippen molar-refractivity contribution < 1.29 is 18.8 Å². The van der Waals surface area contributed by atoms with Crippen LogP contribution >= 0.6 is 0 Å². The molecule has 1 N–H and O–H groups in total. The Morgan fingerprint density at radius 3 is 2.37 bits per heavy atom. The summed E-state index contributed by atoms with van der Waals surface area (Å²) in [6.07, 6.45) is 11.6. The van der Waals surface area contributed by atoms with E-state index in [4.69, 9.17) is 8.94 Å². The zero-order chi connectivity index (χ0) is 29.4. The van der Waals surface area contributed by atoms with Gasteiger partial charge in [-0.1, -0.05) is 52.3 Å². The van der Waals surface area contributed by atoms with Crippen LogP contribution in [0.4, 0.5) is 0 Å². The third-order valence-corrected chi connectivity index (χ3v) is 14.5. The maximum atomic E-state index is 14.8. The van der Waals surface area contributed by atoms with Crippen LogP contribution in [0.25, 0.3) is 0 Å². The van der Waals surface area contributed by atoms with Crippen LogP contribution in [-0.2, 0) is 22.0 Å². The third kappa shape index (κ3) is 3.04. The van der Waals surface area contributed by atoms with Crippen LogP contribution in [0.3, 0.4) is 0 Å². The summed E-state index contributed by atoms with van der Waals surface area (Å²) in [5.41, 5.74) is 0.721. The SMILES string of the molecule is Cc1nnc([C@]23CCC(C)(C)C[C@H]2[C@H]2C(=O)C=C4[C@@]5(C)Cc6cnoc6[C@@](C)(CO)[C@]5(C)CC[C@@]4(C)[C@]2(C)CC3)o1. The first-order valence-electron chi connectivity index (χ1n) is 15.7. The van der Waals surface area contributed by atoms with Crippen LogP contribution in [0, 0.1) is 45.8 Å². The molecule has 5 aliphatic carbocycles. The molecule has 7 nitrogen and oxygen atoms in total. The molecule has 2 heterocycles. The molecule has 0 saturated heterocycles. The Morgan fingerprint density at radius 2 is 1.68 bits per heavy atom. The van der Waals surface area contributed by atoms with Crippen molar-refractivity contribution >= 4 is 5.78 Å². The molecule has 3 saturated carbocycles. The Bertz CT molecular complexity index is 1470. The van der Waals surface area contributed by atoms with Crippen molar-refractivity contribution in [3.63, 3.8) is 0 Å². The highest BCUT2D eigenvalue weighted by molar-refractivity contribution is 5.95. The van der Waals surface area contributed by atoms with E-state index in [9.17, 15) is 9.90 Å². The summed E-state index contributed by atoms with van der Waals surface area (Å²) in [5, 5.41) is 24.0. The standard InChI is InChI=1S/C34H47N3O4/c1-20-36-37-27(40-20)34-13-9-28(2,3)17-22(34)25-23(39)15-24-29(4,30(25,5)11-14-34)10-12-33(8)31(24,6)16-21-18-35-41-26(21)32(33,7)19-38/h15,18,22,25,38H,9-14,16-17,19H2,1-8H3/t22-,25-,29+,30+,31+,32+,33+,34-/m0/s1. The van der Waals surface area contributed by atoms with Gasteiger partial charge in [0.2, 0.25) is 11.8 Å². The monoisotopic (exact) mass is 561 g/mol. The van der Waals surface area contributed by atoms with Gasteiger partial charge >= 0.3 is 0 Å². The summed E-state index contributed by atoms with van der Waals surface area (Å²) >= 11 is 0. The number of fused-ring (bicyclic) bond motifs is 8. The quantitative estimate of drug-likeness (QED) is 0.437. The number of rotatable bonds is 2. The lowest BCUT2D eigenvalue weighted by atomic mass is 9.31. The van der Waals surface area contributed by atoms with E-state index in [1.807, 2.05) is 13.1 Å². The fourth-order valence-corrected chi connectivity index (χ4v) is 11.3. The van der Waals surface area contributed by atoms with Crippen molar-refractivity contribution in [2.24, 2.45) is 38.9 Å². The van der Waals surface area contributed by atoms with Crippen molar-refractivity contribution in [2.45, 2.75) is 118 Å². The second-order valence-corrected chi connectivity index (χ2v) is 16.5. The lowest BCUT2D eigenvalue weighted by Crippen LogP contribution is -2.68. The smallest absolute Gasteiger partial charge is 0.222 e. The molecule has 222 valence electrons. The van der Waals surface area contributed by atoms with Gasteiger partial charge in [-0.05, 0) is 91.9 Å². The van der Waals surface area contributed by atoms with E-state index in [1.54, 1.807) is 0 Å². The van der Waals surface area contributed by atoms with Gasteiger partial charge in [-0.25, -0.2) is 0 Å². The zero-order valence-electron chi connectivity index (χ0n) is 26.2. The molecule has 3 fully saturated rings. The Kier molecular flexibility index (Phi) is 5.38. The van der Waals surface area contributed by atoms with Gasteiger partial charge in [0.05, 0.1) is 23.6 Å². The van der Waals surface area contributed by atoms with Gasteiger partial charge in [-0.2, -0.15) is 0 Å². The molecule has 7 heteroatoms. The maximum absolute atomic E-state index is 14.8. The summed E-state index contributed by atoms with van der Waals surface area (Å²) in [6, 6.07) is 0. The molecule has 0 aromatic carbocycles. The average Bonchev–Trinajstić information content (AvgIpc) is 3.56. The number of nitrogens with zero attached hydrogens (tertiary/aromatic N) is 3.